The number of hydrogen-bond donors (Lipinski definition) is 0. The number of carbonyl (C=O) groups is 1. The van der Waals surface area contributed by atoms with Gasteiger partial charge in [-0.3, -0.25) is 4.63 Å². The molecule has 0 radical (unpaired) electrons. The first-order valence-corrected chi connectivity index (χ1v) is 9.58. The summed E-state index contributed by atoms with van der Waals surface area (Å²) in [7, 11) is 0. The van der Waals surface area contributed by atoms with Crippen LogP contribution < -0.4 is 14.4 Å². The maximum absolute atomic E-state index is 12.2. The number of nitrogens with zero attached hydrogens (tertiary/aromatic N) is 3. The number of aromatic nitrogens is 2. The summed E-state index contributed by atoms with van der Waals surface area (Å²) in [6.45, 7) is 3.87. The molecule has 9 nitrogen and oxygen atoms in total. The standard InChI is InChI=1S/C22H19N3O6/c1-3-28-20-12-15(9-10-19(20)29-13-18-14(2)24-31-25(18)27)11-17-22(26)30-21(23-17)16-7-5-4-6-8-16/h4-12H,3,13H2,1-2H3. The van der Waals surface area contributed by atoms with Gasteiger partial charge in [0.05, 0.1) is 6.61 Å². The third-order valence-corrected chi connectivity index (χ3v) is 4.47. The Kier molecular flexibility index (Phi) is 5.65. The maximum atomic E-state index is 12.2. The van der Waals surface area contributed by atoms with E-state index in [0.29, 0.717) is 34.3 Å². The lowest BCUT2D eigenvalue weighted by atomic mass is 10.1. The number of aryl methyl sites for hydroxylation is 1. The number of esters is 1. The van der Waals surface area contributed by atoms with Crippen LogP contribution in [0.2, 0.25) is 0 Å². The van der Waals surface area contributed by atoms with Crippen molar-refractivity contribution in [2.24, 2.45) is 4.99 Å². The summed E-state index contributed by atoms with van der Waals surface area (Å²) in [5.74, 6) is 0.631. The summed E-state index contributed by atoms with van der Waals surface area (Å²) >= 11 is 0. The molecule has 31 heavy (non-hydrogen) atoms. The van der Waals surface area contributed by atoms with Gasteiger partial charge in [0.25, 0.3) is 0 Å². The molecule has 2 aromatic carbocycles. The van der Waals surface area contributed by atoms with E-state index in [1.54, 1.807) is 31.2 Å². The van der Waals surface area contributed by atoms with Crippen molar-refractivity contribution in [2.45, 2.75) is 20.5 Å². The van der Waals surface area contributed by atoms with Gasteiger partial charge < -0.3 is 19.4 Å². The quantitative estimate of drug-likeness (QED) is 0.328. The van der Waals surface area contributed by atoms with E-state index < -0.39 is 5.97 Å². The van der Waals surface area contributed by atoms with E-state index in [1.807, 2.05) is 37.3 Å². The predicted octanol–water partition coefficient (Wildman–Crippen LogP) is 2.94. The second-order valence-electron chi connectivity index (χ2n) is 6.59. The molecule has 2 heterocycles. The van der Waals surface area contributed by atoms with Gasteiger partial charge in [-0.25, -0.2) is 9.79 Å². The van der Waals surface area contributed by atoms with Gasteiger partial charge >= 0.3 is 5.97 Å². The van der Waals surface area contributed by atoms with E-state index >= 15 is 0 Å². The average molecular weight is 421 g/mol. The topological polar surface area (TPSA) is 110 Å². The third kappa shape index (κ3) is 4.40. The smallest absolute Gasteiger partial charge is 0.363 e. The summed E-state index contributed by atoms with van der Waals surface area (Å²) in [6, 6.07) is 14.4. The van der Waals surface area contributed by atoms with Crippen molar-refractivity contribution in [2.75, 3.05) is 6.61 Å². The molecule has 0 aliphatic carbocycles. The van der Waals surface area contributed by atoms with E-state index in [0.717, 1.165) is 5.56 Å². The molecular formula is C22H19N3O6. The lowest BCUT2D eigenvalue weighted by molar-refractivity contribution is -0.808. The molecule has 0 N–H and O–H groups in total. The van der Waals surface area contributed by atoms with Crippen LogP contribution in [-0.4, -0.2) is 23.6 Å². The van der Waals surface area contributed by atoms with E-state index in [9.17, 15) is 10.0 Å². The highest BCUT2D eigenvalue weighted by Crippen LogP contribution is 2.31. The molecule has 0 bridgehead atoms. The molecular weight excluding hydrogens is 402 g/mol. The van der Waals surface area contributed by atoms with E-state index in [4.69, 9.17) is 14.2 Å². The minimum absolute atomic E-state index is 0.0314. The molecule has 1 aliphatic rings. The van der Waals surface area contributed by atoms with Crippen molar-refractivity contribution in [1.29, 1.82) is 0 Å². The monoisotopic (exact) mass is 421 g/mol. The van der Waals surface area contributed by atoms with Gasteiger partial charge in [0.15, 0.2) is 23.8 Å². The molecule has 4 rings (SSSR count). The van der Waals surface area contributed by atoms with Gasteiger partial charge in [0.2, 0.25) is 17.3 Å². The van der Waals surface area contributed by atoms with Crippen LogP contribution in [-0.2, 0) is 16.1 Å². The van der Waals surface area contributed by atoms with Gasteiger partial charge in [0, 0.05) is 17.6 Å². The summed E-state index contributed by atoms with van der Waals surface area (Å²) in [6.07, 6.45) is 1.61. The molecule has 0 saturated carbocycles. The Balaban J connectivity index is 1.57. The average Bonchev–Trinajstić information content (AvgIpc) is 3.30. The van der Waals surface area contributed by atoms with Crippen LogP contribution in [0.1, 0.15) is 29.4 Å². The van der Waals surface area contributed by atoms with Crippen molar-refractivity contribution in [3.8, 4) is 11.5 Å². The fourth-order valence-corrected chi connectivity index (χ4v) is 2.91. The zero-order chi connectivity index (χ0) is 21.8. The Bertz CT molecular complexity index is 1150. The number of hydrogen-bond acceptors (Lipinski definition) is 8. The van der Waals surface area contributed by atoms with Crippen LogP contribution in [0.5, 0.6) is 11.5 Å². The zero-order valence-corrected chi connectivity index (χ0v) is 16.9. The minimum Gasteiger partial charge on any atom is -0.490 e. The third-order valence-electron chi connectivity index (χ3n) is 4.47. The number of carbonyl (C=O) groups excluding carboxylic acids is 1. The normalized spacial score (nSPS) is 14.5. The number of rotatable bonds is 7. The highest BCUT2D eigenvalue weighted by Gasteiger charge is 2.24. The Labute approximate surface area is 177 Å². The SMILES string of the molecule is CCOc1cc(C=C2N=C(c3ccccc3)OC2=O)ccc1OCc1c(C)no[n+]1[O-]. The Morgan fingerprint density at radius 2 is 1.94 bits per heavy atom. The molecule has 1 aliphatic heterocycles. The van der Waals surface area contributed by atoms with E-state index in [2.05, 4.69) is 14.8 Å². The molecule has 0 atom stereocenters. The van der Waals surface area contributed by atoms with Crippen molar-refractivity contribution >= 4 is 17.9 Å². The summed E-state index contributed by atoms with van der Waals surface area (Å²) in [4.78, 5) is 16.8. The first-order chi connectivity index (χ1) is 15.0. The summed E-state index contributed by atoms with van der Waals surface area (Å²) in [5, 5.41) is 15.2. The number of ether oxygens (including phenoxy) is 3. The second kappa shape index (κ2) is 8.70. The van der Waals surface area contributed by atoms with Crippen LogP contribution in [0.4, 0.5) is 0 Å². The molecule has 1 aromatic heterocycles. The summed E-state index contributed by atoms with van der Waals surface area (Å²) in [5.41, 5.74) is 2.30. The van der Waals surface area contributed by atoms with Gasteiger partial charge in [-0.1, -0.05) is 24.3 Å². The van der Waals surface area contributed by atoms with Gasteiger partial charge in [-0.05, 0) is 47.7 Å². The van der Waals surface area contributed by atoms with E-state index in [1.165, 1.54) is 0 Å². The minimum atomic E-state index is -0.528. The fraction of sp³-hybridized carbons (Fsp3) is 0.182. The first kappa shape index (κ1) is 20.1. The first-order valence-electron chi connectivity index (χ1n) is 9.58. The Morgan fingerprint density at radius 1 is 1.13 bits per heavy atom. The van der Waals surface area contributed by atoms with Crippen LogP contribution in [0, 0.1) is 12.1 Å². The predicted molar refractivity (Wildman–Crippen MR) is 109 cm³/mol. The molecule has 0 fully saturated rings. The Morgan fingerprint density at radius 3 is 2.65 bits per heavy atom. The lowest BCUT2D eigenvalue weighted by Crippen LogP contribution is -2.29. The lowest BCUT2D eigenvalue weighted by Gasteiger charge is -2.12. The Hall–Kier alpha value is -4.14. The van der Waals surface area contributed by atoms with Crippen LogP contribution in [0.25, 0.3) is 6.08 Å². The van der Waals surface area contributed by atoms with Gasteiger partial charge in [-0.15, -0.1) is 0 Å². The van der Waals surface area contributed by atoms with Crippen molar-refractivity contribution in [1.82, 2.24) is 5.16 Å². The van der Waals surface area contributed by atoms with Gasteiger partial charge in [0.1, 0.15) is 0 Å². The van der Waals surface area contributed by atoms with Crippen molar-refractivity contribution < 1.29 is 28.5 Å². The molecule has 158 valence electrons. The molecule has 9 heteroatoms. The number of cyclic esters (lactones) is 1. The fourth-order valence-electron chi connectivity index (χ4n) is 2.91. The molecule has 3 aromatic rings. The molecule has 0 saturated heterocycles. The largest absolute Gasteiger partial charge is 0.490 e. The molecule has 0 amide bonds. The van der Waals surface area contributed by atoms with Crippen LogP contribution in [0.15, 0.2) is 63.8 Å². The highest BCUT2D eigenvalue weighted by atomic mass is 16.8. The molecule has 0 spiro atoms. The van der Waals surface area contributed by atoms with Crippen molar-refractivity contribution in [3.05, 3.63) is 81.9 Å². The van der Waals surface area contributed by atoms with Crippen LogP contribution in [0.3, 0.4) is 0 Å². The maximum Gasteiger partial charge on any atom is 0.363 e. The van der Waals surface area contributed by atoms with Crippen molar-refractivity contribution in [3.63, 3.8) is 0 Å². The molecule has 0 unspecified atom stereocenters. The van der Waals surface area contributed by atoms with Gasteiger partial charge in [-0.2, -0.15) is 0 Å². The zero-order valence-electron chi connectivity index (χ0n) is 16.9. The number of aliphatic imine (C=N–C) groups is 1. The summed E-state index contributed by atoms with van der Waals surface area (Å²) < 4.78 is 21.2. The van der Waals surface area contributed by atoms with E-state index in [-0.39, 0.29) is 23.9 Å². The highest BCUT2D eigenvalue weighted by molar-refractivity contribution is 6.12. The van der Waals surface area contributed by atoms with Crippen LogP contribution >= 0.6 is 0 Å². The number of benzene rings is 2. The second-order valence-corrected chi connectivity index (χ2v) is 6.59.